The maximum absolute atomic E-state index is 12.0. The van der Waals surface area contributed by atoms with Crippen LogP contribution in [0.1, 0.15) is 17.3 Å². The van der Waals surface area contributed by atoms with Crippen molar-refractivity contribution in [3.63, 3.8) is 0 Å². The van der Waals surface area contributed by atoms with E-state index in [2.05, 4.69) is 42.5 Å². The molecular formula is C19H14O2. The van der Waals surface area contributed by atoms with Crippen LogP contribution in [0.25, 0.3) is 32.3 Å². The summed E-state index contributed by atoms with van der Waals surface area (Å²) >= 11 is 0. The predicted octanol–water partition coefficient (Wildman–Crippen LogP) is 4.76. The summed E-state index contributed by atoms with van der Waals surface area (Å²) in [6.45, 7) is 2.21. The summed E-state index contributed by atoms with van der Waals surface area (Å²) in [7, 11) is 0. The molecule has 0 aromatic heterocycles. The van der Waals surface area contributed by atoms with Crippen molar-refractivity contribution in [1.82, 2.24) is 0 Å². The van der Waals surface area contributed by atoms with Crippen LogP contribution in [-0.4, -0.2) is 12.6 Å². The molecule has 0 saturated heterocycles. The van der Waals surface area contributed by atoms with E-state index in [4.69, 9.17) is 4.74 Å². The highest BCUT2D eigenvalue weighted by molar-refractivity contribution is 6.23. The summed E-state index contributed by atoms with van der Waals surface area (Å²) in [5, 5.41) is 7.12. The van der Waals surface area contributed by atoms with E-state index in [-0.39, 0.29) is 5.97 Å². The van der Waals surface area contributed by atoms with Crippen LogP contribution >= 0.6 is 0 Å². The van der Waals surface area contributed by atoms with E-state index >= 15 is 0 Å². The smallest absolute Gasteiger partial charge is 0.338 e. The number of benzene rings is 4. The molecule has 0 spiro atoms. The van der Waals surface area contributed by atoms with Gasteiger partial charge in [0.2, 0.25) is 0 Å². The normalized spacial score (nSPS) is 11.5. The molecule has 0 fully saturated rings. The zero-order valence-corrected chi connectivity index (χ0v) is 11.7. The van der Waals surface area contributed by atoms with Gasteiger partial charge in [-0.25, -0.2) is 4.79 Å². The first-order valence-electron chi connectivity index (χ1n) is 7.12. The molecule has 4 aromatic carbocycles. The Morgan fingerprint density at radius 1 is 0.857 bits per heavy atom. The predicted molar refractivity (Wildman–Crippen MR) is 86.1 cm³/mol. The van der Waals surface area contributed by atoms with E-state index in [1.807, 2.05) is 19.1 Å². The van der Waals surface area contributed by atoms with Crippen molar-refractivity contribution >= 4 is 38.3 Å². The Balaban J connectivity index is 2.11. The summed E-state index contributed by atoms with van der Waals surface area (Å²) in [6, 6.07) is 18.5. The van der Waals surface area contributed by atoms with Crippen molar-refractivity contribution in [3.8, 4) is 0 Å². The first kappa shape index (κ1) is 12.2. The summed E-state index contributed by atoms with van der Waals surface area (Å²) in [5.74, 6) is -0.261. The second kappa shape index (κ2) is 4.45. The van der Waals surface area contributed by atoms with Gasteiger partial charge in [0.25, 0.3) is 0 Å². The largest absolute Gasteiger partial charge is 0.462 e. The highest BCUT2D eigenvalue weighted by atomic mass is 16.5. The van der Waals surface area contributed by atoms with Gasteiger partial charge in [-0.05, 0) is 51.4 Å². The molecule has 0 atom stereocenters. The van der Waals surface area contributed by atoms with Gasteiger partial charge >= 0.3 is 5.97 Å². The van der Waals surface area contributed by atoms with Gasteiger partial charge in [-0.2, -0.15) is 0 Å². The standard InChI is InChI=1S/C19H14O2/c1-2-21-19(20)16-10-14-8-6-12-4-3-5-13-7-9-15(11-16)18(14)17(12)13/h3-11H,2H2,1H3. The van der Waals surface area contributed by atoms with Crippen LogP contribution in [0.2, 0.25) is 0 Å². The Hall–Kier alpha value is -2.61. The molecule has 0 amide bonds. The van der Waals surface area contributed by atoms with Crippen molar-refractivity contribution < 1.29 is 9.53 Å². The van der Waals surface area contributed by atoms with Crippen molar-refractivity contribution in [1.29, 1.82) is 0 Å². The van der Waals surface area contributed by atoms with Gasteiger partial charge in [0.05, 0.1) is 12.2 Å². The summed E-state index contributed by atoms with van der Waals surface area (Å²) in [4.78, 5) is 12.0. The number of esters is 1. The lowest BCUT2D eigenvalue weighted by molar-refractivity contribution is 0.0526. The maximum Gasteiger partial charge on any atom is 0.338 e. The second-order valence-electron chi connectivity index (χ2n) is 5.23. The molecule has 0 bridgehead atoms. The monoisotopic (exact) mass is 274 g/mol. The summed E-state index contributed by atoms with van der Waals surface area (Å²) in [6.07, 6.45) is 0. The lowest BCUT2D eigenvalue weighted by Crippen LogP contribution is -2.04. The second-order valence-corrected chi connectivity index (χ2v) is 5.23. The molecule has 2 heteroatoms. The topological polar surface area (TPSA) is 26.3 Å². The van der Waals surface area contributed by atoms with Crippen LogP contribution in [0.3, 0.4) is 0 Å². The number of hydrogen-bond acceptors (Lipinski definition) is 2. The van der Waals surface area contributed by atoms with E-state index in [9.17, 15) is 4.79 Å². The molecule has 0 N–H and O–H groups in total. The molecule has 0 radical (unpaired) electrons. The molecule has 0 aliphatic rings. The van der Waals surface area contributed by atoms with Crippen molar-refractivity contribution in [3.05, 3.63) is 60.2 Å². The molecule has 0 unspecified atom stereocenters. The van der Waals surface area contributed by atoms with Gasteiger partial charge in [0.1, 0.15) is 0 Å². The lowest BCUT2D eigenvalue weighted by Gasteiger charge is -2.12. The number of ether oxygens (including phenoxy) is 1. The first-order chi connectivity index (χ1) is 10.3. The minimum atomic E-state index is -0.261. The third kappa shape index (κ3) is 1.76. The molecule has 0 aliphatic heterocycles. The average molecular weight is 274 g/mol. The van der Waals surface area contributed by atoms with Crippen LogP contribution in [-0.2, 0) is 4.74 Å². The highest BCUT2D eigenvalue weighted by Gasteiger charge is 2.12. The number of carbonyl (C=O) groups excluding carboxylic acids is 1. The summed E-state index contributed by atoms with van der Waals surface area (Å²) < 4.78 is 5.12. The third-order valence-corrected chi connectivity index (χ3v) is 3.97. The Labute approximate surface area is 122 Å². The molecule has 102 valence electrons. The van der Waals surface area contributed by atoms with E-state index < -0.39 is 0 Å². The molecular weight excluding hydrogens is 260 g/mol. The average Bonchev–Trinajstić information content (AvgIpc) is 2.52. The van der Waals surface area contributed by atoms with Crippen LogP contribution in [0.4, 0.5) is 0 Å². The Morgan fingerprint density at radius 3 is 1.95 bits per heavy atom. The Bertz CT molecular complexity index is 905. The molecule has 4 rings (SSSR count). The SMILES string of the molecule is CCOC(=O)c1cc2ccc3cccc4ccc(c1)c2c34. The molecule has 21 heavy (non-hydrogen) atoms. The molecule has 0 aliphatic carbocycles. The van der Waals surface area contributed by atoms with E-state index in [1.165, 1.54) is 21.5 Å². The number of carbonyl (C=O) groups is 1. The zero-order valence-electron chi connectivity index (χ0n) is 11.7. The van der Waals surface area contributed by atoms with E-state index in [1.54, 1.807) is 0 Å². The fraction of sp³-hybridized carbons (Fsp3) is 0.105. The van der Waals surface area contributed by atoms with E-state index in [0.29, 0.717) is 12.2 Å². The van der Waals surface area contributed by atoms with Crippen molar-refractivity contribution in [2.75, 3.05) is 6.61 Å². The number of hydrogen-bond donors (Lipinski definition) is 0. The van der Waals surface area contributed by atoms with Gasteiger partial charge < -0.3 is 4.74 Å². The quantitative estimate of drug-likeness (QED) is 0.389. The molecule has 2 nitrogen and oxygen atoms in total. The van der Waals surface area contributed by atoms with Crippen LogP contribution in [0.15, 0.2) is 54.6 Å². The molecule has 4 aromatic rings. The zero-order chi connectivity index (χ0) is 14.4. The fourth-order valence-electron chi connectivity index (χ4n) is 3.09. The molecule has 0 saturated carbocycles. The van der Waals surface area contributed by atoms with Gasteiger partial charge in [-0.1, -0.05) is 42.5 Å². The fourth-order valence-corrected chi connectivity index (χ4v) is 3.09. The van der Waals surface area contributed by atoms with Gasteiger partial charge in [-0.3, -0.25) is 0 Å². The Morgan fingerprint density at radius 2 is 1.38 bits per heavy atom. The maximum atomic E-state index is 12.0. The number of rotatable bonds is 2. The lowest BCUT2D eigenvalue weighted by atomic mass is 9.93. The minimum absolute atomic E-state index is 0.261. The van der Waals surface area contributed by atoms with E-state index in [0.717, 1.165) is 10.8 Å². The highest BCUT2D eigenvalue weighted by Crippen LogP contribution is 2.35. The minimum Gasteiger partial charge on any atom is -0.462 e. The van der Waals surface area contributed by atoms with Crippen molar-refractivity contribution in [2.24, 2.45) is 0 Å². The van der Waals surface area contributed by atoms with Crippen LogP contribution in [0.5, 0.6) is 0 Å². The Kier molecular flexibility index (Phi) is 2.58. The van der Waals surface area contributed by atoms with Crippen LogP contribution < -0.4 is 0 Å². The molecule has 0 heterocycles. The van der Waals surface area contributed by atoms with Crippen LogP contribution in [0, 0.1) is 0 Å². The van der Waals surface area contributed by atoms with Gasteiger partial charge in [-0.15, -0.1) is 0 Å². The first-order valence-corrected chi connectivity index (χ1v) is 7.12. The van der Waals surface area contributed by atoms with Gasteiger partial charge in [0.15, 0.2) is 0 Å². The summed E-state index contributed by atoms with van der Waals surface area (Å²) in [5.41, 5.74) is 0.614. The van der Waals surface area contributed by atoms with Crippen molar-refractivity contribution in [2.45, 2.75) is 6.92 Å². The third-order valence-electron chi connectivity index (χ3n) is 3.97. The van der Waals surface area contributed by atoms with Gasteiger partial charge in [0, 0.05) is 0 Å².